The molecule has 0 radical (unpaired) electrons. The van der Waals surface area contributed by atoms with Gasteiger partial charge in [0.25, 0.3) is 0 Å². The van der Waals surface area contributed by atoms with Gasteiger partial charge in [-0.15, -0.1) is 0 Å². The van der Waals surface area contributed by atoms with Gasteiger partial charge in [0, 0.05) is 104 Å². The van der Waals surface area contributed by atoms with E-state index in [4.69, 9.17) is 0 Å². The Bertz CT molecular complexity index is 4000. The smallest absolute Gasteiger partial charge is 0.0990 e. The molecule has 0 atom stereocenters. The summed E-state index contributed by atoms with van der Waals surface area (Å²) < 4.78 is 8.21. The van der Waals surface area contributed by atoms with E-state index in [0.717, 1.165) is 37.1 Å². The van der Waals surface area contributed by atoms with Crippen molar-refractivity contribution in [3.05, 3.63) is 296 Å². The van der Waals surface area contributed by atoms with Crippen molar-refractivity contribution in [2.75, 3.05) is 0 Å². The summed E-state index contributed by atoms with van der Waals surface area (Å²) in [6.45, 7) is 66.0. The normalized spacial score (nSPS) is 11.2. The van der Waals surface area contributed by atoms with Crippen molar-refractivity contribution in [2.24, 2.45) is 0 Å². The van der Waals surface area contributed by atoms with E-state index in [-0.39, 0.29) is 0 Å². The largest absolute Gasteiger partial charge is 0.323 e. The molecule has 16 rings (SSSR count). The topological polar surface area (TPSA) is 95.0 Å². The maximum atomic E-state index is 4.32. The molecular formula is C94H134N10. The molecule has 104 heavy (non-hydrogen) atoms. The number of rotatable bonds is 0. The maximum Gasteiger partial charge on any atom is 0.0990 e. The van der Waals surface area contributed by atoms with Crippen LogP contribution >= 0.6 is 0 Å². The fourth-order valence-corrected chi connectivity index (χ4v) is 12.7. The highest BCUT2D eigenvalue weighted by atomic mass is 15.2. The first-order valence-electron chi connectivity index (χ1n) is 38.6. The first-order valence-corrected chi connectivity index (χ1v) is 38.6. The Labute approximate surface area is 631 Å². The number of benzene rings is 1. The van der Waals surface area contributed by atoms with Gasteiger partial charge in [0.05, 0.1) is 39.8 Å². The minimum absolute atomic E-state index is 1.02. The molecule has 0 saturated carbocycles. The van der Waals surface area contributed by atoms with Crippen LogP contribution in [0.4, 0.5) is 0 Å². The van der Waals surface area contributed by atoms with Crippen LogP contribution in [0.2, 0.25) is 0 Å². The molecule has 0 spiro atoms. The average Bonchev–Trinajstić information content (AvgIpc) is 1.77. The van der Waals surface area contributed by atoms with E-state index < -0.39 is 0 Å². The van der Waals surface area contributed by atoms with E-state index in [1.807, 2.05) is 201 Å². The molecule has 10 nitrogen and oxygen atoms in total. The Balaban J connectivity index is 0.000000578. The number of aryl methyl sites for hydroxylation is 12. The third kappa shape index (κ3) is 25.4. The van der Waals surface area contributed by atoms with Gasteiger partial charge in [0.15, 0.2) is 0 Å². The minimum atomic E-state index is 1.02. The van der Waals surface area contributed by atoms with Gasteiger partial charge < -0.3 is 13.2 Å². The maximum absolute atomic E-state index is 4.32. The van der Waals surface area contributed by atoms with Gasteiger partial charge in [-0.05, 0) is 284 Å². The number of nitrogens with zero attached hydrogens (tertiary/aromatic N) is 10. The molecule has 11 aromatic heterocycles. The van der Waals surface area contributed by atoms with Crippen molar-refractivity contribution in [2.45, 2.75) is 247 Å². The van der Waals surface area contributed by atoms with Gasteiger partial charge in [-0.25, -0.2) is 9.50 Å². The zero-order chi connectivity index (χ0) is 78.8. The highest BCUT2D eigenvalue weighted by molar-refractivity contribution is 5.76. The predicted molar refractivity (Wildman–Crippen MR) is 459 cm³/mol. The molecule has 1 aromatic carbocycles. The standard InChI is InChI=1S/C11H12.4C10H11N.3C9H10N2.8C2H6/c1-8-4-3-5-10-7-6-9(2)11(8)10;1-7-3-4-9-6-11-5-8(2)10(7)9;1-7-3-4-9-5-6-11-8(2)10(7)9;1-7-3-4-9-10(7)8(2)5-6-11-9;1-8-4-3-6-11-7-5-9(2)10(8)11;1-7-3-5-11-6-4-10-8(2)9(7)11;1-7-3-5-10-11-6-4-8(2)9(7)11;1-7-3-4-11-6-10-5-8(2)9(7)11;8*1-2/h3-6H,7H2,1-2H3;3*3,5-6H,4H2,1-2H3;3-7H,1-2H3;3*3-6H,1-2H3;8*1-2H3. The molecule has 11 heterocycles. The van der Waals surface area contributed by atoms with Crippen LogP contribution < -0.4 is 0 Å². The summed E-state index contributed by atoms with van der Waals surface area (Å²) in [5.41, 5.74) is 37.2. The fourth-order valence-electron chi connectivity index (χ4n) is 12.7. The summed E-state index contributed by atoms with van der Waals surface area (Å²) in [4.78, 5) is 21.0. The van der Waals surface area contributed by atoms with Gasteiger partial charge in [-0.2, -0.15) is 5.10 Å². The van der Waals surface area contributed by atoms with Gasteiger partial charge >= 0.3 is 0 Å². The number of allylic oxidation sites excluding steroid dienone is 8. The monoisotopic (exact) mass is 1400 g/mol. The molecule has 0 unspecified atom stereocenters. The van der Waals surface area contributed by atoms with E-state index in [9.17, 15) is 0 Å². The molecule has 0 aliphatic heterocycles. The molecule has 560 valence electrons. The molecule has 4 aliphatic rings. The van der Waals surface area contributed by atoms with Crippen molar-refractivity contribution in [3.63, 3.8) is 0 Å². The van der Waals surface area contributed by atoms with Crippen LogP contribution in [0.15, 0.2) is 184 Å². The van der Waals surface area contributed by atoms with Crippen LogP contribution in [-0.4, -0.2) is 47.7 Å². The Kier molecular flexibility index (Phi) is 44.4. The third-order valence-electron chi connectivity index (χ3n) is 17.0. The average molecular weight is 1400 g/mol. The van der Waals surface area contributed by atoms with Gasteiger partial charge in [0.1, 0.15) is 0 Å². The highest BCUT2D eigenvalue weighted by Gasteiger charge is 2.16. The van der Waals surface area contributed by atoms with Crippen molar-refractivity contribution in [1.82, 2.24) is 47.7 Å². The summed E-state index contributed by atoms with van der Waals surface area (Å²) in [6.07, 6.45) is 40.6. The van der Waals surface area contributed by atoms with E-state index in [2.05, 4.69) is 252 Å². The van der Waals surface area contributed by atoms with Crippen LogP contribution in [0.1, 0.15) is 250 Å². The Hall–Kier alpha value is -9.54. The van der Waals surface area contributed by atoms with Gasteiger partial charge in [-0.1, -0.05) is 159 Å². The zero-order valence-electron chi connectivity index (χ0n) is 70.6. The quantitative estimate of drug-likeness (QED) is 0.150. The Morgan fingerprint density at radius 2 is 0.692 bits per heavy atom. The molecule has 0 amide bonds. The molecule has 0 bridgehead atoms. The number of pyridine rings is 4. The van der Waals surface area contributed by atoms with Crippen LogP contribution in [0.5, 0.6) is 0 Å². The molecule has 0 fully saturated rings. The SMILES string of the molecule is CC.CC.CC.CC.CC.CC.CC.CC.CC1=CCc2cccc(C)c21.CC1=CCc2ccnc(C)c21.CC1=CCc2cncc(C)c21.CC1=CCc2nccc(C)c21.Cc1cccn2ccc(C)c12.Cc1ccn2ccnc(C)c12.Cc1ccn2cncc(C)c12.Cc1ccnn2ccc(C)c12. The van der Waals surface area contributed by atoms with Crippen LogP contribution in [-0.2, 0) is 25.7 Å². The van der Waals surface area contributed by atoms with Crippen molar-refractivity contribution < 1.29 is 0 Å². The zero-order valence-corrected chi connectivity index (χ0v) is 70.6. The number of aromatic nitrogens is 10. The minimum Gasteiger partial charge on any atom is -0.323 e. The van der Waals surface area contributed by atoms with Crippen LogP contribution in [0, 0.1) is 83.1 Å². The molecule has 10 heteroatoms. The van der Waals surface area contributed by atoms with E-state index in [1.165, 1.54) is 145 Å². The first kappa shape index (κ1) is 92.5. The lowest BCUT2D eigenvalue weighted by Gasteiger charge is -2.04. The molecule has 0 saturated heterocycles. The van der Waals surface area contributed by atoms with Gasteiger partial charge in [-0.3, -0.25) is 19.9 Å². The Morgan fingerprint density at radius 3 is 1.23 bits per heavy atom. The summed E-state index contributed by atoms with van der Waals surface area (Å²) >= 11 is 0. The second kappa shape index (κ2) is 50.0. The van der Waals surface area contributed by atoms with Gasteiger partial charge in [0.2, 0.25) is 0 Å². The lowest BCUT2D eigenvalue weighted by Crippen LogP contribution is -1.90. The third-order valence-corrected chi connectivity index (χ3v) is 17.0. The number of hydrogen-bond donors (Lipinski definition) is 0. The van der Waals surface area contributed by atoms with Crippen molar-refractivity contribution in [1.29, 1.82) is 0 Å². The summed E-state index contributed by atoms with van der Waals surface area (Å²) in [6, 6.07) is 25.4. The Morgan fingerprint density at radius 1 is 0.269 bits per heavy atom. The summed E-state index contributed by atoms with van der Waals surface area (Å²) in [7, 11) is 0. The van der Waals surface area contributed by atoms with Crippen molar-refractivity contribution in [3.8, 4) is 0 Å². The first-order chi connectivity index (χ1) is 50.3. The molecular weight excluding hydrogens is 1270 g/mol. The number of hydrogen-bond acceptors (Lipinski definition) is 6. The molecule has 12 aromatic rings. The highest BCUT2D eigenvalue weighted by Crippen LogP contribution is 2.32. The second-order valence-corrected chi connectivity index (χ2v) is 23.7. The predicted octanol–water partition coefficient (Wildman–Crippen LogP) is 26.6. The summed E-state index contributed by atoms with van der Waals surface area (Å²) in [5.74, 6) is 0. The molecule has 0 N–H and O–H groups in total. The molecule has 4 aliphatic carbocycles. The van der Waals surface area contributed by atoms with E-state index in [1.54, 1.807) is 0 Å². The number of fused-ring (bicyclic) bond motifs is 8. The van der Waals surface area contributed by atoms with E-state index in [0.29, 0.717) is 0 Å². The fraction of sp³-hybridized carbons (Fsp3) is 0.383. The lowest BCUT2D eigenvalue weighted by molar-refractivity contribution is 0.932. The van der Waals surface area contributed by atoms with Crippen LogP contribution in [0.3, 0.4) is 0 Å². The lowest BCUT2D eigenvalue weighted by atomic mass is 10.0. The summed E-state index contributed by atoms with van der Waals surface area (Å²) in [5, 5.41) is 4.18. The van der Waals surface area contributed by atoms with E-state index >= 15 is 0 Å². The second-order valence-electron chi connectivity index (χ2n) is 23.7. The van der Waals surface area contributed by atoms with Crippen molar-refractivity contribution >= 4 is 44.4 Å². The van der Waals surface area contributed by atoms with Crippen LogP contribution in [0.25, 0.3) is 44.4 Å².